The Balaban J connectivity index is 2.05. The van der Waals surface area contributed by atoms with Crippen LogP contribution in [-0.2, 0) is 17.1 Å². The number of hydrogen-bond acceptors (Lipinski definition) is 6. The Morgan fingerprint density at radius 3 is 2.06 bits per heavy atom. The molecule has 186 valence electrons. The summed E-state index contributed by atoms with van der Waals surface area (Å²) in [6.45, 7) is -0.760. The highest BCUT2D eigenvalue weighted by Gasteiger charge is 2.37. The second kappa shape index (κ2) is 9.19. The Morgan fingerprint density at radius 1 is 0.943 bits per heavy atom. The van der Waals surface area contributed by atoms with Gasteiger partial charge in [0.25, 0.3) is 5.91 Å². The van der Waals surface area contributed by atoms with Crippen LogP contribution in [0.4, 0.5) is 26.3 Å². The van der Waals surface area contributed by atoms with Crippen molar-refractivity contribution in [3.8, 4) is 23.1 Å². The van der Waals surface area contributed by atoms with Gasteiger partial charge < -0.3 is 25.0 Å². The molecule has 0 aliphatic carbocycles. The van der Waals surface area contributed by atoms with Crippen LogP contribution in [0.5, 0.6) is 23.1 Å². The maximum Gasteiger partial charge on any atom is 0.416 e. The van der Waals surface area contributed by atoms with E-state index in [0.717, 1.165) is 25.3 Å². The molecule has 0 bridgehead atoms. The molecule has 1 heterocycles. The number of carboxylic acids is 1. The molecule has 8 nitrogen and oxygen atoms in total. The first-order valence-corrected chi connectivity index (χ1v) is 9.38. The molecule has 1 aromatic heterocycles. The smallest absolute Gasteiger partial charge is 0.416 e. The molecule has 0 radical (unpaired) electrons. The number of nitrogens with one attached hydrogen (secondary N) is 1. The second-order valence-electron chi connectivity index (χ2n) is 6.95. The highest BCUT2D eigenvalue weighted by molar-refractivity contribution is 6.04. The lowest BCUT2D eigenvalue weighted by atomic mass is 10.1. The van der Waals surface area contributed by atoms with Crippen LogP contribution in [-0.4, -0.2) is 40.7 Å². The Bertz CT molecular complexity index is 1270. The van der Waals surface area contributed by atoms with E-state index in [2.05, 4.69) is 4.98 Å². The molecule has 35 heavy (non-hydrogen) atoms. The number of aliphatic carboxylic acids is 1. The molecule has 1 amide bonds. The van der Waals surface area contributed by atoms with E-state index in [1.54, 1.807) is 0 Å². The second-order valence-corrected chi connectivity index (χ2v) is 6.95. The van der Waals surface area contributed by atoms with Crippen LogP contribution in [0.2, 0.25) is 0 Å². The molecule has 3 rings (SSSR count). The van der Waals surface area contributed by atoms with Gasteiger partial charge >= 0.3 is 18.3 Å². The zero-order valence-corrected chi connectivity index (χ0v) is 17.4. The number of halogens is 6. The van der Waals surface area contributed by atoms with Crippen molar-refractivity contribution in [1.29, 1.82) is 0 Å². The Morgan fingerprint density at radius 2 is 1.54 bits per heavy atom. The molecule has 0 saturated carbocycles. The first-order chi connectivity index (χ1) is 16.2. The van der Waals surface area contributed by atoms with Gasteiger partial charge in [-0.15, -0.1) is 0 Å². The average Bonchev–Trinajstić information content (AvgIpc) is 2.76. The van der Waals surface area contributed by atoms with Crippen molar-refractivity contribution in [2.75, 3.05) is 13.7 Å². The summed E-state index contributed by atoms with van der Waals surface area (Å²) in [4.78, 5) is 26.6. The van der Waals surface area contributed by atoms with Gasteiger partial charge in [0.05, 0.1) is 23.6 Å². The number of aromatic hydroxyl groups is 1. The van der Waals surface area contributed by atoms with E-state index >= 15 is 0 Å². The van der Waals surface area contributed by atoms with Crippen molar-refractivity contribution in [2.24, 2.45) is 0 Å². The largest absolute Gasteiger partial charge is 0.505 e. The third-order valence-electron chi connectivity index (χ3n) is 4.52. The molecular formula is C21H14F6N2O6. The molecule has 0 aliphatic rings. The Labute approximate surface area is 191 Å². The minimum Gasteiger partial charge on any atom is -0.505 e. The fraction of sp³-hybridized carbons (Fsp3) is 0.190. The zero-order valence-electron chi connectivity index (χ0n) is 17.4. The zero-order chi connectivity index (χ0) is 26.1. The molecule has 14 heteroatoms. The summed E-state index contributed by atoms with van der Waals surface area (Å²) in [6, 6.07) is 4.14. The number of benzene rings is 2. The lowest BCUT2D eigenvalue weighted by Gasteiger charge is -2.15. The van der Waals surface area contributed by atoms with E-state index in [1.165, 1.54) is 0 Å². The third-order valence-corrected chi connectivity index (χ3v) is 4.52. The van der Waals surface area contributed by atoms with Gasteiger partial charge in [-0.1, -0.05) is 0 Å². The van der Waals surface area contributed by atoms with E-state index < -0.39 is 59.1 Å². The normalized spacial score (nSPS) is 11.9. The highest BCUT2D eigenvalue weighted by atomic mass is 19.4. The topological polar surface area (TPSA) is 118 Å². The molecule has 3 aromatic rings. The van der Waals surface area contributed by atoms with E-state index in [0.29, 0.717) is 12.1 Å². The van der Waals surface area contributed by atoms with Crippen LogP contribution in [0.15, 0.2) is 36.4 Å². The van der Waals surface area contributed by atoms with Crippen molar-refractivity contribution >= 4 is 22.6 Å². The first kappa shape index (κ1) is 25.4. The summed E-state index contributed by atoms with van der Waals surface area (Å²) in [5.74, 6) is -4.30. The standard InChI is InChI=1S/C21H14F6N2O6/c1-34-19-14-7-11(2-3-13(14)17(32)16(29-19)18(33)28-8-15(30)31)35-12-5-9(20(22,23)24)4-10(6-12)21(25,26)27/h2-7,32H,8H2,1H3,(H,28,33)(H,30,31). The van der Waals surface area contributed by atoms with Gasteiger partial charge in [0, 0.05) is 5.39 Å². The first-order valence-electron chi connectivity index (χ1n) is 9.38. The molecule has 3 N–H and O–H groups in total. The molecule has 0 spiro atoms. The van der Waals surface area contributed by atoms with Crippen LogP contribution in [0.1, 0.15) is 21.6 Å². The molecular weight excluding hydrogens is 490 g/mol. The van der Waals surface area contributed by atoms with Crippen molar-refractivity contribution < 1.29 is 55.6 Å². The van der Waals surface area contributed by atoms with Crippen molar-refractivity contribution in [1.82, 2.24) is 10.3 Å². The number of carbonyl (C=O) groups excluding carboxylic acids is 1. The number of carboxylic acid groups (broad SMARTS) is 1. The number of alkyl halides is 6. The summed E-state index contributed by atoms with van der Waals surface area (Å²) in [6.07, 6.45) is -10.1. The minimum atomic E-state index is -5.07. The van der Waals surface area contributed by atoms with Gasteiger partial charge in [-0.3, -0.25) is 9.59 Å². The summed E-state index contributed by atoms with van der Waals surface area (Å²) < 4.78 is 88.8. The van der Waals surface area contributed by atoms with Gasteiger partial charge in [-0.25, -0.2) is 4.98 Å². The van der Waals surface area contributed by atoms with Gasteiger partial charge in [0.15, 0.2) is 11.4 Å². The number of aromatic nitrogens is 1. The lowest BCUT2D eigenvalue weighted by molar-refractivity contribution is -0.143. The van der Waals surface area contributed by atoms with Crippen LogP contribution in [0.25, 0.3) is 10.8 Å². The fourth-order valence-corrected chi connectivity index (χ4v) is 2.99. The molecule has 0 fully saturated rings. The van der Waals surface area contributed by atoms with Gasteiger partial charge in [-0.05, 0) is 36.4 Å². The predicted molar refractivity (Wildman–Crippen MR) is 106 cm³/mol. The molecule has 2 aromatic carbocycles. The predicted octanol–water partition coefficient (Wildman–Crippen LogP) is 4.59. The number of carbonyl (C=O) groups is 2. The summed E-state index contributed by atoms with van der Waals surface area (Å²) in [5, 5.41) is 21.1. The quantitative estimate of drug-likeness (QED) is 0.420. The summed E-state index contributed by atoms with van der Waals surface area (Å²) >= 11 is 0. The van der Waals surface area contributed by atoms with E-state index in [1.807, 2.05) is 5.32 Å². The lowest BCUT2D eigenvalue weighted by Crippen LogP contribution is -2.30. The Hall–Kier alpha value is -4.23. The van der Waals surface area contributed by atoms with Crippen LogP contribution >= 0.6 is 0 Å². The Kier molecular flexibility index (Phi) is 6.67. The maximum absolute atomic E-state index is 13.1. The van der Waals surface area contributed by atoms with Gasteiger partial charge in [0.2, 0.25) is 5.88 Å². The number of hydrogen-bond donors (Lipinski definition) is 3. The van der Waals surface area contributed by atoms with E-state index in [4.69, 9.17) is 14.6 Å². The monoisotopic (exact) mass is 504 g/mol. The van der Waals surface area contributed by atoms with E-state index in [9.17, 15) is 41.0 Å². The highest BCUT2D eigenvalue weighted by Crippen LogP contribution is 2.41. The van der Waals surface area contributed by atoms with Crippen molar-refractivity contribution in [3.05, 3.63) is 53.2 Å². The SMILES string of the molecule is COc1nc(C(=O)NCC(=O)O)c(O)c2ccc(Oc3cc(C(F)(F)F)cc(C(F)(F)F)c3)cc12. The van der Waals surface area contributed by atoms with E-state index in [-0.39, 0.29) is 28.5 Å². The summed E-state index contributed by atoms with van der Waals surface area (Å²) in [7, 11) is 1.15. The number of fused-ring (bicyclic) bond motifs is 1. The number of ether oxygens (including phenoxy) is 2. The van der Waals surface area contributed by atoms with Crippen LogP contribution in [0, 0.1) is 0 Å². The third kappa shape index (κ3) is 5.65. The number of rotatable bonds is 6. The maximum atomic E-state index is 13.1. The molecule has 0 unspecified atom stereocenters. The average molecular weight is 504 g/mol. The summed E-state index contributed by atoms with van der Waals surface area (Å²) in [5.41, 5.74) is -3.72. The number of pyridine rings is 1. The molecule has 0 aliphatic heterocycles. The minimum absolute atomic E-state index is 0.000283. The molecule has 0 saturated heterocycles. The van der Waals surface area contributed by atoms with Gasteiger partial charge in [0.1, 0.15) is 18.0 Å². The van der Waals surface area contributed by atoms with Gasteiger partial charge in [-0.2, -0.15) is 26.3 Å². The van der Waals surface area contributed by atoms with Crippen molar-refractivity contribution in [3.63, 3.8) is 0 Å². The van der Waals surface area contributed by atoms with Crippen LogP contribution < -0.4 is 14.8 Å². The molecule has 0 atom stereocenters. The number of nitrogens with zero attached hydrogens (tertiary/aromatic N) is 1. The van der Waals surface area contributed by atoms with Crippen molar-refractivity contribution in [2.45, 2.75) is 12.4 Å². The number of methoxy groups -OCH3 is 1. The van der Waals surface area contributed by atoms with Crippen LogP contribution in [0.3, 0.4) is 0 Å². The number of amides is 1. The fourth-order valence-electron chi connectivity index (χ4n) is 2.99.